The third-order valence-electron chi connectivity index (χ3n) is 8.04. The number of benzene rings is 3. The van der Waals surface area contributed by atoms with E-state index in [0.717, 1.165) is 24.0 Å². The molecule has 0 amide bonds. The summed E-state index contributed by atoms with van der Waals surface area (Å²) < 4.78 is 42.3. The first kappa shape index (κ1) is 30.2. The van der Waals surface area contributed by atoms with Gasteiger partial charge in [-0.1, -0.05) is 78.9 Å². The number of methoxy groups -OCH3 is 1. The van der Waals surface area contributed by atoms with E-state index in [1.807, 2.05) is 65.6 Å². The molecule has 236 valence electrons. The second-order valence-corrected chi connectivity index (χ2v) is 13.1. The van der Waals surface area contributed by atoms with Gasteiger partial charge in [-0.25, -0.2) is 27.2 Å². The Kier molecular flexibility index (Phi) is 8.17. The lowest BCUT2D eigenvalue weighted by molar-refractivity contribution is 0.0602. The smallest absolute Gasteiger partial charge is 0.340 e. The van der Waals surface area contributed by atoms with E-state index >= 15 is 0 Å². The van der Waals surface area contributed by atoms with Crippen molar-refractivity contribution >= 4 is 32.7 Å². The molecule has 3 aromatic carbocycles. The zero-order chi connectivity index (χ0) is 32.4. The van der Waals surface area contributed by atoms with Gasteiger partial charge in [0.25, 0.3) is 10.0 Å². The van der Waals surface area contributed by atoms with Gasteiger partial charge in [0.05, 0.1) is 28.8 Å². The summed E-state index contributed by atoms with van der Waals surface area (Å²) in [5.41, 5.74) is 3.18. The van der Waals surface area contributed by atoms with Crippen molar-refractivity contribution in [3.05, 3.63) is 138 Å². The fraction of sp³-hybridized carbons (Fsp3) is 0.162. The molecule has 3 heterocycles. The van der Waals surface area contributed by atoms with E-state index in [1.165, 1.54) is 17.3 Å². The minimum Gasteiger partial charge on any atom is -0.474 e. The fourth-order valence-electron chi connectivity index (χ4n) is 5.64. The lowest BCUT2D eigenvalue weighted by atomic mass is 10.1. The molecule has 0 radical (unpaired) electrons. The molecule has 10 heteroatoms. The zero-order valence-electron chi connectivity index (χ0n) is 25.7. The predicted octanol–water partition coefficient (Wildman–Crippen LogP) is 6.87. The largest absolute Gasteiger partial charge is 0.474 e. The molecule has 9 nitrogen and oxygen atoms in total. The first-order chi connectivity index (χ1) is 22.9. The van der Waals surface area contributed by atoms with Gasteiger partial charge < -0.3 is 14.4 Å². The molecule has 47 heavy (non-hydrogen) atoms. The zero-order valence-corrected chi connectivity index (χ0v) is 26.5. The maximum Gasteiger partial charge on any atom is 0.340 e. The number of aromatic nitrogens is 3. The molecular formula is C37H32N4O5S. The van der Waals surface area contributed by atoms with E-state index in [1.54, 1.807) is 54.7 Å². The molecule has 0 aliphatic heterocycles. The average Bonchev–Trinajstić information content (AvgIpc) is 3.84. The van der Waals surface area contributed by atoms with Crippen molar-refractivity contribution in [1.82, 2.24) is 13.9 Å². The number of carbonyl (C=O) groups excluding carboxylic acids is 1. The molecule has 0 bridgehead atoms. The van der Waals surface area contributed by atoms with E-state index in [9.17, 15) is 13.2 Å². The summed E-state index contributed by atoms with van der Waals surface area (Å²) in [6.45, 7) is 0.842. The molecule has 3 aromatic heterocycles. The number of esters is 1. The van der Waals surface area contributed by atoms with Gasteiger partial charge in [0, 0.05) is 30.9 Å². The van der Waals surface area contributed by atoms with Crippen LogP contribution in [0.1, 0.15) is 34.3 Å². The highest BCUT2D eigenvalue weighted by atomic mass is 32.2. The van der Waals surface area contributed by atoms with Crippen LogP contribution < -0.4 is 9.64 Å². The van der Waals surface area contributed by atoms with Crippen molar-refractivity contribution in [2.24, 2.45) is 0 Å². The number of hydrogen-bond donors (Lipinski definition) is 0. The van der Waals surface area contributed by atoms with Crippen LogP contribution >= 0.6 is 0 Å². The Morgan fingerprint density at radius 1 is 0.851 bits per heavy atom. The van der Waals surface area contributed by atoms with Crippen molar-refractivity contribution in [2.75, 3.05) is 12.0 Å². The molecule has 1 fully saturated rings. The number of nitrogens with zero attached hydrogens (tertiary/aromatic N) is 4. The van der Waals surface area contributed by atoms with Gasteiger partial charge in [0.2, 0.25) is 5.88 Å². The molecule has 1 aliphatic carbocycles. The van der Waals surface area contributed by atoms with Crippen LogP contribution in [0.2, 0.25) is 0 Å². The first-order valence-electron chi connectivity index (χ1n) is 15.3. The van der Waals surface area contributed by atoms with Gasteiger partial charge >= 0.3 is 5.97 Å². The summed E-state index contributed by atoms with van der Waals surface area (Å²) in [5.74, 6) is 0.0784. The monoisotopic (exact) mass is 644 g/mol. The van der Waals surface area contributed by atoms with Crippen LogP contribution in [-0.2, 0) is 27.8 Å². The highest BCUT2D eigenvalue weighted by Gasteiger charge is 2.33. The number of pyridine rings is 2. The molecule has 0 spiro atoms. The Balaban J connectivity index is 1.56. The van der Waals surface area contributed by atoms with E-state index in [0.29, 0.717) is 41.4 Å². The molecular weight excluding hydrogens is 612 g/mol. The second-order valence-electron chi connectivity index (χ2n) is 11.4. The lowest BCUT2D eigenvalue weighted by Gasteiger charge is -2.26. The second kappa shape index (κ2) is 12.7. The number of carbonyl (C=O) groups is 1. The van der Waals surface area contributed by atoms with Gasteiger partial charge in [-0.05, 0) is 54.3 Å². The van der Waals surface area contributed by atoms with Crippen molar-refractivity contribution in [3.8, 4) is 17.1 Å². The molecule has 0 saturated heterocycles. The van der Waals surface area contributed by atoms with E-state index in [-0.39, 0.29) is 22.1 Å². The van der Waals surface area contributed by atoms with Crippen LogP contribution in [0.25, 0.3) is 22.2 Å². The van der Waals surface area contributed by atoms with Gasteiger partial charge in [-0.2, -0.15) is 0 Å². The molecule has 0 unspecified atom stereocenters. The quantitative estimate of drug-likeness (QED) is 0.141. The van der Waals surface area contributed by atoms with Crippen molar-refractivity contribution < 1.29 is 22.7 Å². The van der Waals surface area contributed by atoms with Gasteiger partial charge in [0.15, 0.2) is 5.82 Å². The minimum absolute atomic E-state index is 0.0160. The van der Waals surface area contributed by atoms with Crippen LogP contribution in [0.4, 0.5) is 5.82 Å². The van der Waals surface area contributed by atoms with Crippen molar-refractivity contribution in [1.29, 1.82) is 0 Å². The van der Waals surface area contributed by atoms with Crippen molar-refractivity contribution in [2.45, 2.75) is 36.9 Å². The maximum atomic E-state index is 14.8. The van der Waals surface area contributed by atoms with Crippen LogP contribution in [-0.4, -0.2) is 41.5 Å². The van der Waals surface area contributed by atoms with Gasteiger partial charge in [0.1, 0.15) is 11.6 Å². The highest BCUT2D eigenvalue weighted by Crippen LogP contribution is 2.42. The summed E-state index contributed by atoms with van der Waals surface area (Å²) in [6.07, 6.45) is 4.89. The summed E-state index contributed by atoms with van der Waals surface area (Å²) >= 11 is 0. The fourth-order valence-corrected chi connectivity index (χ4v) is 7.18. The Bertz CT molecular complexity index is 2110. The lowest BCUT2D eigenvalue weighted by Crippen LogP contribution is -2.25. The van der Waals surface area contributed by atoms with Crippen LogP contribution in [0.3, 0.4) is 0 Å². The van der Waals surface area contributed by atoms with Crippen LogP contribution in [0, 0.1) is 0 Å². The molecule has 0 N–H and O–H groups in total. The van der Waals surface area contributed by atoms with E-state index in [2.05, 4.69) is 4.98 Å². The molecule has 6 aromatic rings. The van der Waals surface area contributed by atoms with Crippen LogP contribution in [0.15, 0.2) is 126 Å². The highest BCUT2D eigenvalue weighted by molar-refractivity contribution is 7.90. The van der Waals surface area contributed by atoms with E-state index < -0.39 is 16.0 Å². The summed E-state index contributed by atoms with van der Waals surface area (Å²) in [6, 6.07) is 33.3. The SMILES string of the molecule is COC(=O)c1cnc(N(Cc2ccccc2)Cc2ccccc2)c2c1cc(-c1cccnc1OC1CC1)n2S(=O)(=O)c1ccccc1. The van der Waals surface area contributed by atoms with Crippen LogP contribution in [0.5, 0.6) is 5.88 Å². The number of anilines is 1. The summed E-state index contributed by atoms with van der Waals surface area (Å²) in [7, 11) is -2.97. The van der Waals surface area contributed by atoms with E-state index in [4.69, 9.17) is 14.5 Å². The predicted molar refractivity (Wildman–Crippen MR) is 180 cm³/mol. The average molecular weight is 645 g/mol. The van der Waals surface area contributed by atoms with Crippen molar-refractivity contribution in [3.63, 3.8) is 0 Å². The maximum absolute atomic E-state index is 14.8. The Morgan fingerprint density at radius 3 is 2.06 bits per heavy atom. The topological polar surface area (TPSA) is 104 Å². The third-order valence-corrected chi connectivity index (χ3v) is 9.77. The van der Waals surface area contributed by atoms with Gasteiger partial charge in [-0.15, -0.1) is 0 Å². The molecule has 1 saturated carbocycles. The number of fused-ring (bicyclic) bond motifs is 1. The number of rotatable bonds is 11. The number of ether oxygens (including phenoxy) is 2. The summed E-state index contributed by atoms with van der Waals surface area (Å²) in [5, 5.41) is 0.378. The molecule has 0 atom stereocenters. The standard InChI is InChI=1S/C37H32N4O5S/c1-45-37(42)32-23-39-35(40(24-26-12-5-2-6-13-26)25-27-14-7-3-8-15-27)34-31(32)22-33(30-18-11-21-38-36(30)46-28-19-20-28)41(34)47(43,44)29-16-9-4-10-17-29/h2-18,21-23,28H,19-20,24-25H2,1H3. The molecule has 7 rings (SSSR count). The minimum atomic E-state index is -4.27. The third kappa shape index (κ3) is 6.07. The summed E-state index contributed by atoms with van der Waals surface area (Å²) in [4.78, 5) is 24.6. The Hall–Kier alpha value is -5.48. The first-order valence-corrected chi connectivity index (χ1v) is 16.8. The Labute approximate surface area is 273 Å². The number of hydrogen-bond acceptors (Lipinski definition) is 8. The normalized spacial score (nSPS) is 13.0. The molecule has 1 aliphatic rings. The van der Waals surface area contributed by atoms with Gasteiger partial charge in [-0.3, -0.25) is 0 Å². The Morgan fingerprint density at radius 2 is 1.47 bits per heavy atom.